The van der Waals surface area contributed by atoms with Gasteiger partial charge in [-0.2, -0.15) is 0 Å². The maximum atomic E-state index is 11.2. The molecule has 11 heavy (non-hydrogen) atoms. The fourth-order valence-corrected chi connectivity index (χ4v) is 2.81. The molecule has 0 aliphatic rings. The van der Waals surface area contributed by atoms with E-state index in [1.54, 1.807) is 11.3 Å². The van der Waals surface area contributed by atoms with Crippen molar-refractivity contribution in [1.29, 1.82) is 0 Å². The number of carbonyl (C=O) groups is 1. The molecule has 0 aliphatic heterocycles. The van der Waals surface area contributed by atoms with E-state index < -0.39 is 0 Å². The molecule has 0 bridgehead atoms. The van der Waals surface area contributed by atoms with Crippen LogP contribution in [-0.2, 0) is 0 Å². The zero-order valence-corrected chi connectivity index (χ0v) is 9.85. The summed E-state index contributed by atoms with van der Waals surface area (Å²) >= 11 is 8.05. The van der Waals surface area contributed by atoms with Gasteiger partial charge in [0.2, 0.25) is 0 Å². The van der Waals surface area contributed by atoms with Crippen molar-refractivity contribution in [2.75, 3.05) is 5.33 Å². The van der Waals surface area contributed by atoms with E-state index in [0.717, 1.165) is 14.2 Å². The Balaban J connectivity index is 3.03. The van der Waals surface area contributed by atoms with Crippen LogP contribution in [0.1, 0.15) is 15.2 Å². The van der Waals surface area contributed by atoms with Gasteiger partial charge < -0.3 is 0 Å². The van der Waals surface area contributed by atoms with E-state index in [1.165, 1.54) is 0 Å². The summed E-state index contributed by atoms with van der Waals surface area (Å²) in [5, 5.41) is 0.400. The lowest BCUT2D eigenvalue weighted by atomic mass is 10.2. The quantitative estimate of drug-likeness (QED) is 0.604. The van der Waals surface area contributed by atoms with Gasteiger partial charge in [0.1, 0.15) is 0 Å². The van der Waals surface area contributed by atoms with Crippen molar-refractivity contribution in [2.24, 2.45) is 0 Å². The number of aryl methyl sites for hydroxylation is 1. The fraction of sp³-hybridized carbons (Fsp3) is 0.286. The van der Waals surface area contributed by atoms with Gasteiger partial charge in [0, 0.05) is 10.4 Å². The number of ketones is 1. The number of halogens is 2. The van der Waals surface area contributed by atoms with Gasteiger partial charge in [-0.15, -0.1) is 11.3 Å². The van der Waals surface area contributed by atoms with Gasteiger partial charge in [0.25, 0.3) is 0 Å². The molecule has 0 saturated heterocycles. The average molecular weight is 298 g/mol. The number of hydrogen-bond acceptors (Lipinski definition) is 2. The van der Waals surface area contributed by atoms with Crippen molar-refractivity contribution >= 4 is 49.0 Å². The van der Waals surface area contributed by atoms with E-state index in [4.69, 9.17) is 0 Å². The van der Waals surface area contributed by atoms with Crippen LogP contribution in [0.5, 0.6) is 0 Å². The largest absolute Gasteiger partial charge is 0.293 e. The van der Waals surface area contributed by atoms with Crippen LogP contribution < -0.4 is 0 Å². The van der Waals surface area contributed by atoms with E-state index in [1.807, 2.05) is 13.0 Å². The highest BCUT2D eigenvalue weighted by Crippen LogP contribution is 2.26. The van der Waals surface area contributed by atoms with Crippen LogP contribution in [0.4, 0.5) is 0 Å². The standard InChI is InChI=1S/C7H6Br2OS/c1-4-5(6(10)3-8)2-7(9)11-4/h2H,3H2,1H3. The molecule has 1 rings (SSSR count). The molecule has 0 saturated carbocycles. The third-order valence-corrected chi connectivity index (χ3v) is 3.37. The summed E-state index contributed by atoms with van der Waals surface area (Å²) in [6.45, 7) is 1.95. The van der Waals surface area contributed by atoms with Crippen molar-refractivity contribution in [3.8, 4) is 0 Å². The molecule has 1 aromatic rings. The Labute approximate surface area is 86.1 Å². The average Bonchev–Trinajstić information content (AvgIpc) is 2.28. The SMILES string of the molecule is Cc1sc(Br)cc1C(=O)CBr. The van der Waals surface area contributed by atoms with E-state index >= 15 is 0 Å². The number of carbonyl (C=O) groups excluding carboxylic acids is 1. The Morgan fingerprint density at radius 1 is 1.73 bits per heavy atom. The van der Waals surface area contributed by atoms with Crippen LogP contribution in [0.15, 0.2) is 9.85 Å². The maximum Gasteiger partial charge on any atom is 0.174 e. The highest BCUT2D eigenvalue weighted by molar-refractivity contribution is 9.11. The predicted octanol–water partition coefficient (Wildman–Crippen LogP) is 3.40. The van der Waals surface area contributed by atoms with Crippen LogP contribution in [-0.4, -0.2) is 11.1 Å². The van der Waals surface area contributed by atoms with Crippen LogP contribution in [0.25, 0.3) is 0 Å². The zero-order valence-electron chi connectivity index (χ0n) is 5.86. The molecule has 0 spiro atoms. The van der Waals surface area contributed by atoms with Crippen LogP contribution in [0.3, 0.4) is 0 Å². The first-order valence-corrected chi connectivity index (χ1v) is 5.73. The highest BCUT2D eigenvalue weighted by atomic mass is 79.9. The van der Waals surface area contributed by atoms with E-state index in [-0.39, 0.29) is 5.78 Å². The van der Waals surface area contributed by atoms with Gasteiger partial charge in [-0.1, -0.05) is 15.9 Å². The molecule has 0 aromatic carbocycles. The summed E-state index contributed by atoms with van der Waals surface area (Å²) in [4.78, 5) is 12.3. The summed E-state index contributed by atoms with van der Waals surface area (Å²) in [5.74, 6) is 0.143. The molecule has 4 heteroatoms. The number of hydrogen-bond donors (Lipinski definition) is 0. The van der Waals surface area contributed by atoms with Gasteiger partial charge >= 0.3 is 0 Å². The molecule has 0 atom stereocenters. The molecule has 0 fully saturated rings. The van der Waals surface area contributed by atoms with Gasteiger partial charge in [-0.3, -0.25) is 4.79 Å². The van der Waals surface area contributed by atoms with Gasteiger partial charge in [0.05, 0.1) is 9.12 Å². The lowest BCUT2D eigenvalue weighted by Crippen LogP contribution is -1.98. The Morgan fingerprint density at radius 2 is 2.36 bits per heavy atom. The second kappa shape index (κ2) is 3.83. The van der Waals surface area contributed by atoms with Crippen LogP contribution in [0, 0.1) is 6.92 Å². The van der Waals surface area contributed by atoms with E-state index in [9.17, 15) is 4.79 Å². The van der Waals surface area contributed by atoms with Crippen molar-refractivity contribution in [2.45, 2.75) is 6.92 Å². The molecule has 0 N–H and O–H groups in total. The van der Waals surface area contributed by atoms with Crippen molar-refractivity contribution in [3.63, 3.8) is 0 Å². The fourth-order valence-electron chi connectivity index (χ4n) is 0.795. The van der Waals surface area contributed by atoms with Crippen molar-refractivity contribution in [3.05, 3.63) is 20.3 Å². The Kier molecular flexibility index (Phi) is 3.28. The van der Waals surface area contributed by atoms with Gasteiger partial charge in [-0.05, 0) is 28.9 Å². The topological polar surface area (TPSA) is 17.1 Å². The van der Waals surface area contributed by atoms with Gasteiger partial charge in [0.15, 0.2) is 5.78 Å². The van der Waals surface area contributed by atoms with Gasteiger partial charge in [-0.25, -0.2) is 0 Å². The number of rotatable bonds is 2. The second-order valence-electron chi connectivity index (χ2n) is 2.08. The normalized spacial score (nSPS) is 10.1. The number of Topliss-reactive ketones (excluding diaryl/α,β-unsaturated/α-hetero) is 1. The van der Waals surface area contributed by atoms with Crippen molar-refractivity contribution < 1.29 is 4.79 Å². The summed E-state index contributed by atoms with van der Waals surface area (Å²) in [5.41, 5.74) is 0.818. The highest BCUT2D eigenvalue weighted by Gasteiger charge is 2.10. The Morgan fingerprint density at radius 3 is 2.73 bits per heavy atom. The zero-order chi connectivity index (χ0) is 8.43. The molecule has 1 nitrogen and oxygen atoms in total. The molecule has 1 heterocycles. The first kappa shape index (κ1) is 9.42. The number of thiophene rings is 1. The minimum atomic E-state index is 0.143. The van der Waals surface area contributed by atoms with E-state index in [0.29, 0.717) is 5.33 Å². The smallest absolute Gasteiger partial charge is 0.174 e. The third kappa shape index (κ3) is 2.13. The predicted molar refractivity (Wildman–Crippen MR) is 54.9 cm³/mol. The lowest BCUT2D eigenvalue weighted by Gasteiger charge is -1.91. The van der Waals surface area contributed by atoms with Crippen molar-refractivity contribution in [1.82, 2.24) is 0 Å². The van der Waals surface area contributed by atoms with Crippen LogP contribution >= 0.6 is 43.2 Å². The number of alkyl halides is 1. The Hall–Kier alpha value is 0.330. The minimum Gasteiger partial charge on any atom is -0.293 e. The molecule has 0 radical (unpaired) electrons. The molecule has 60 valence electrons. The monoisotopic (exact) mass is 296 g/mol. The molecule has 0 aliphatic carbocycles. The van der Waals surface area contributed by atoms with E-state index in [2.05, 4.69) is 31.9 Å². The lowest BCUT2D eigenvalue weighted by molar-refractivity contribution is 0.102. The third-order valence-electron chi connectivity index (χ3n) is 1.31. The first-order chi connectivity index (χ1) is 5.15. The summed E-state index contributed by atoms with van der Waals surface area (Å²) < 4.78 is 1.01. The summed E-state index contributed by atoms with van der Waals surface area (Å²) in [6, 6.07) is 1.86. The van der Waals surface area contributed by atoms with Crippen LogP contribution in [0.2, 0.25) is 0 Å². The first-order valence-electron chi connectivity index (χ1n) is 3.00. The maximum absolute atomic E-state index is 11.2. The summed E-state index contributed by atoms with van der Waals surface area (Å²) in [7, 11) is 0. The molecular weight excluding hydrogens is 292 g/mol. The molecule has 0 unspecified atom stereocenters. The summed E-state index contributed by atoms with van der Waals surface area (Å²) in [6.07, 6.45) is 0. The molecule has 0 amide bonds. The minimum absolute atomic E-state index is 0.143. The Bertz CT molecular complexity index is 280. The molecular formula is C7H6Br2OS. The molecule has 1 aromatic heterocycles. The second-order valence-corrected chi connectivity index (χ2v) is 5.27.